The normalized spacial score (nSPS) is 11.7. The van der Waals surface area contributed by atoms with Crippen LogP contribution in [-0.4, -0.2) is 42.7 Å². The summed E-state index contributed by atoms with van der Waals surface area (Å²) in [5, 5.41) is 10.8. The van der Waals surface area contributed by atoms with Gasteiger partial charge in [-0.25, -0.2) is 0 Å². The van der Waals surface area contributed by atoms with E-state index < -0.39 is 12.8 Å². The molecule has 2 rings (SSSR count). The van der Waals surface area contributed by atoms with E-state index >= 15 is 0 Å². The maximum absolute atomic E-state index is 12.4. The van der Waals surface area contributed by atoms with Crippen molar-refractivity contribution in [2.45, 2.75) is 33.1 Å². The number of aryl methyl sites for hydroxylation is 2. The minimum Gasteiger partial charge on any atom is -0.493 e. The number of halogens is 4. The third kappa shape index (κ3) is 7.26. The second-order valence-corrected chi connectivity index (χ2v) is 6.44. The molecule has 7 nitrogen and oxygen atoms in total. The van der Waals surface area contributed by atoms with E-state index in [4.69, 9.17) is 9.47 Å². The van der Waals surface area contributed by atoms with Crippen LogP contribution in [0.2, 0.25) is 0 Å². The van der Waals surface area contributed by atoms with E-state index in [1.165, 1.54) is 13.2 Å². The molecule has 0 saturated carbocycles. The highest BCUT2D eigenvalue weighted by Crippen LogP contribution is 2.29. The van der Waals surface area contributed by atoms with E-state index in [2.05, 4.69) is 20.7 Å². The fourth-order valence-corrected chi connectivity index (χ4v) is 2.75. The maximum Gasteiger partial charge on any atom is 0.422 e. The topological polar surface area (TPSA) is 72.7 Å². The summed E-state index contributed by atoms with van der Waals surface area (Å²) in [4.78, 5) is 4.19. The molecule has 0 bridgehead atoms. The zero-order valence-electron chi connectivity index (χ0n) is 17.6. The largest absolute Gasteiger partial charge is 0.493 e. The van der Waals surface area contributed by atoms with Crippen molar-refractivity contribution in [2.75, 3.05) is 20.8 Å². The summed E-state index contributed by atoms with van der Waals surface area (Å²) in [6, 6.07) is 4.76. The van der Waals surface area contributed by atoms with Crippen molar-refractivity contribution in [3.8, 4) is 11.5 Å². The standard InChI is InChI=1S/C19H26F3N5O2.HI/c1-12-15(13(2)27(4)26-12)10-25-18(23-3)24-9-14-6-7-16(17(8-14)28-5)29-11-19(20,21)22;/h6-8H,9-11H2,1-5H3,(H2,23,24,25);1H. The lowest BCUT2D eigenvalue weighted by Crippen LogP contribution is -2.36. The molecule has 1 aromatic heterocycles. The van der Waals surface area contributed by atoms with Crippen molar-refractivity contribution >= 4 is 29.9 Å². The number of aromatic nitrogens is 2. The molecule has 0 aliphatic carbocycles. The SMILES string of the molecule is CN=C(NCc1ccc(OCC(F)(F)F)c(OC)c1)NCc1c(C)nn(C)c1C.I. The predicted molar refractivity (Wildman–Crippen MR) is 120 cm³/mol. The van der Waals surface area contributed by atoms with Crippen LogP contribution in [0.3, 0.4) is 0 Å². The van der Waals surface area contributed by atoms with Gasteiger partial charge < -0.3 is 20.1 Å². The van der Waals surface area contributed by atoms with Crippen LogP contribution in [-0.2, 0) is 20.1 Å². The fraction of sp³-hybridized carbons (Fsp3) is 0.474. The lowest BCUT2D eigenvalue weighted by molar-refractivity contribution is -0.153. The van der Waals surface area contributed by atoms with Crippen molar-refractivity contribution < 1.29 is 22.6 Å². The molecule has 1 aromatic carbocycles. The Hall–Kier alpha value is -2.18. The van der Waals surface area contributed by atoms with E-state index in [1.807, 2.05) is 25.6 Å². The van der Waals surface area contributed by atoms with Gasteiger partial charge in [-0.2, -0.15) is 18.3 Å². The van der Waals surface area contributed by atoms with Gasteiger partial charge in [0.05, 0.1) is 12.8 Å². The van der Waals surface area contributed by atoms with E-state index in [-0.39, 0.29) is 35.5 Å². The number of ether oxygens (including phenoxy) is 2. The minimum atomic E-state index is -4.41. The molecule has 2 N–H and O–H groups in total. The second-order valence-electron chi connectivity index (χ2n) is 6.44. The molecule has 0 radical (unpaired) electrons. The third-order valence-electron chi connectivity index (χ3n) is 4.39. The summed E-state index contributed by atoms with van der Waals surface area (Å²) < 4.78 is 48.8. The first-order chi connectivity index (χ1) is 13.6. The molecule has 0 aliphatic rings. The van der Waals surface area contributed by atoms with Crippen molar-refractivity contribution in [2.24, 2.45) is 12.0 Å². The van der Waals surface area contributed by atoms with Gasteiger partial charge in [0, 0.05) is 38.4 Å². The molecule has 11 heteroatoms. The number of methoxy groups -OCH3 is 1. The molecule has 30 heavy (non-hydrogen) atoms. The highest BCUT2D eigenvalue weighted by atomic mass is 127. The number of nitrogens with one attached hydrogen (secondary N) is 2. The van der Waals surface area contributed by atoms with E-state index in [9.17, 15) is 13.2 Å². The second kappa shape index (κ2) is 11.3. The summed E-state index contributed by atoms with van der Waals surface area (Å²) in [5.74, 6) is 0.862. The molecule has 0 unspecified atom stereocenters. The first-order valence-electron chi connectivity index (χ1n) is 8.94. The number of benzene rings is 1. The van der Waals surface area contributed by atoms with E-state index in [0.29, 0.717) is 19.0 Å². The Morgan fingerprint density at radius 3 is 2.37 bits per heavy atom. The Balaban J connectivity index is 0.00000450. The summed E-state index contributed by atoms with van der Waals surface area (Å²) in [5.41, 5.74) is 3.93. The smallest absolute Gasteiger partial charge is 0.422 e. The Labute approximate surface area is 191 Å². The summed E-state index contributed by atoms with van der Waals surface area (Å²) in [6.07, 6.45) is -4.41. The van der Waals surface area contributed by atoms with Crippen LogP contribution in [0, 0.1) is 13.8 Å². The Morgan fingerprint density at radius 1 is 1.17 bits per heavy atom. The van der Waals surface area contributed by atoms with Gasteiger partial charge in [-0.3, -0.25) is 9.67 Å². The van der Waals surface area contributed by atoms with Gasteiger partial charge in [-0.15, -0.1) is 24.0 Å². The number of aliphatic imine (C=N–C) groups is 1. The first kappa shape index (κ1) is 25.9. The molecule has 0 amide bonds. The van der Waals surface area contributed by atoms with Gasteiger partial charge in [0.15, 0.2) is 24.1 Å². The number of nitrogens with zero attached hydrogens (tertiary/aromatic N) is 3. The number of alkyl halides is 3. The predicted octanol–water partition coefficient (Wildman–Crippen LogP) is 3.47. The summed E-state index contributed by atoms with van der Waals surface area (Å²) in [6.45, 7) is 3.56. The third-order valence-corrected chi connectivity index (χ3v) is 4.39. The Kier molecular flexibility index (Phi) is 9.72. The molecular formula is C19H27F3IN5O2. The van der Waals surface area contributed by atoms with Crippen LogP contribution in [0.15, 0.2) is 23.2 Å². The van der Waals surface area contributed by atoms with Crippen molar-refractivity contribution in [1.82, 2.24) is 20.4 Å². The average Bonchev–Trinajstić information content (AvgIpc) is 2.91. The Bertz CT molecular complexity index is 869. The molecule has 1 heterocycles. The molecule has 0 spiro atoms. The van der Waals surface area contributed by atoms with Crippen LogP contribution in [0.1, 0.15) is 22.5 Å². The lowest BCUT2D eigenvalue weighted by Gasteiger charge is -2.15. The quantitative estimate of drug-likeness (QED) is 0.319. The van der Waals surface area contributed by atoms with Gasteiger partial charge in [0.25, 0.3) is 0 Å². The molecule has 2 aromatic rings. The Morgan fingerprint density at radius 2 is 1.83 bits per heavy atom. The van der Waals surface area contributed by atoms with Crippen molar-refractivity contribution in [1.29, 1.82) is 0 Å². The van der Waals surface area contributed by atoms with Crippen molar-refractivity contribution in [3.05, 3.63) is 40.7 Å². The van der Waals surface area contributed by atoms with Gasteiger partial charge >= 0.3 is 6.18 Å². The fourth-order valence-electron chi connectivity index (χ4n) is 2.75. The van der Waals surface area contributed by atoms with Gasteiger partial charge in [-0.05, 0) is 31.5 Å². The lowest BCUT2D eigenvalue weighted by atomic mass is 10.2. The van der Waals surface area contributed by atoms with Crippen LogP contribution in [0.5, 0.6) is 11.5 Å². The molecule has 0 atom stereocenters. The van der Waals surface area contributed by atoms with Crippen LogP contribution < -0.4 is 20.1 Å². The van der Waals surface area contributed by atoms with Crippen LogP contribution in [0.25, 0.3) is 0 Å². The zero-order valence-corrected chi connectivity index (χ0v) is 19.9. The average molecular weight is 541 g/mol. The maximum atomic E-state index is 12.4. The molecule has 0 fully saturated rings. The number of hydrogen-bond acceptors (Lipinski definition) is 4. The molecule has 0 saturated heterocycles. The molecular weight excluding hydrogens is 514 g/mol. The van der Waals surface area contributed by atoms with Gasteiger partial charge in [0.1, 0.15) is 0 Å². The highest BCUT2D eigenvalue weighted by Gasteiger charge is 2.29. The first-order valence-corrected chi connectivity index (χ1v) is 8.94. The van der Waals surface area contributed by atoms with Crippen LogP contribution in [0.4, 0.5) is 13.2 Å². The summed E-state index contributed by atoms with van der Waals surface area (Å²) >= 11 is 0. The number of rotatable bonds is 7. The zero-order chi connectivity index (χ0) is 21.6. The highest BCUT2D eigenvalue weighted by molar-refractivity contribution is 14.0. The minimum absolute atomic E-state index is 0. The van der Waals surface area contributed by atoms with Gasteiger partial charge in [0.2, 0.25) is 0 Å². The van der Waals surface area contributed by atoms with Gasteiger partial charge in [-0.1, -0.05) is 6.07 Å². The van der Waals surface area contributed by atoms with Crippen LogP contribution >= 0.6 is 24.0 Å². The van der Waals surface area contributed by atoms with E-state index in [1.54, 1.807) is 19.2 Å². The summed E-state index contributed by atoms with van der Waals surface area (Å²) in [7, 11) is 4.94. The monoisotopic (exact) mass is 541 g/mol. The number of hydrogen-bond donors (Lipinski definition) is 2. The van der Waals surface area contributed by atoms with Crippen molar-refractivity contribution in [3.63, 3.8) is 0 Å². The molecule has 0 aliphatic heterocycles. The molecule has 168 valence electrons. The van der Waals surface area contributed by atoms with E-state index in [0.717, 1.165) is 22.5 Å². The number of guanidine groups is 1.